The molecule has 0 saturated carbocycles. The fourth-order valence-corrected chi connectivity index (χ4v) is 4.42. The number of rotatable bonds is 8. The SMILES string of the molecule is CCNC(=NCc1ccccc1N1CCOCC1)N1CCC(COCc2ccccc2)C1. The molecular formula is C26H36N4O2. The molecule has 4 rings (SSSR count). The van der Waals surface area contributed by atoms with E-state index in [1.54, 1.807) is 0 Å². The first kappa shape index (κ1) is 22.6. The third-order valence-electron chi connectivity index (χ3n) is 6.13. The van der Waals surface area contributed by atoms with Crippen LogP contribution < -0.4 is 10.2 Å². The molecule has 2 aliphatic heterocycles. The van der Waals surface area contributed by atoms with Gasteiger partial charge in [0.2, 0.25) is 0 Å². The molecule has 1 unspecified atom stereocenters. The number of para-hydroxylation sites is 1. The fraction of sp³-hybridized carbons (Fsp3) is 0.500. The first-order valence-electron chi connectivity index (χ1n) is 11.9. The lowest BCUT2D eigenvalue weighted by Crippen LogP contribution is -2.40. The zero-order valence-electron chi connectivity index (χ0n) is 19.2. The smallest absolute Gasteiger partial charge is 0.194 e. The van der Waals surface area contributed by atoms with Crippen LogP contribution >= 0.6 is 0 Å². The van der Waals surface area contributed by atoms with Crippen molar-refractivity contribution in [1.82, 2.24) is 10.2 Å². The predicted octanol–water partition coefficient (Wildman–Crippen LogP) is 3.53. The molecule has 2 saturated heterocycles. The highest BCUT2D eigenvalue weighted by molar-refractivity contribution is 5.80. The summed E-state index contributed by atoms with van der Waals surface area (Å²) < 4.78 is 11.5. The second kappa shape index (κ2) is 11.9. The van der Waals surface area contributed by atoms with Gasteiger partial charge in [0.1, 0.15) is 0 Å². The highest BCUT2D eigenvalue weighted by Crippen LogP contribution is 2.23. The van der Waals surface area contributed by atoms with Gasteiger partial charge in [-0.15, -0.1) is 0 Å². The standard InChI is InChI=1S/C26H36N4O2/c1-2-27-26(28-18-24-10-6-7-11-25(24)29-14-16-31-17-15-29)30-13-12-23(19-30)21-32-20-22-8-4-3-5-9-22/h3-11,23H,2,12-21H2,1H3,(H,27,28). The number of anilines is 1. The second-order valence-corrected chi connectivity index (χ2v) is 8.50. The van der Waals surface area contributed by atoms with Crippen LogP contribution in [-0.2, 0) is 22.6 Å². The van der Waals surface area contributed by atoms with E-state index < -0.39 is 0 Å². The normalized spacial score (nSPS) is 19.4. The topological polar surface area (TPSA) is 49.3 Å². The van der Waals surface area contributed by atoms with Crippen LogP contribution in [-0.4, -0.2) is 63.4 Å². The van der Waals surface area contributed by atoms with Crippen molar-refractivity contribution in [2.45, 2.75) is 26.5 Å². The van der Waals surface area contributed by atoms with E-state index in [1.807, 2.05) is 6.07 Å². The number of likely N-dealkylation sites (tertiary alicyclic amines) is 1. The quantitative estimate of drug-likeness (QED) is 0.507. The minimum atomic E-state index is 0.545. The summed E-state index contributed by atoms with van der Waals surface area (Å²) in [6.45, 7) is 10.7. The van der Waals surface area contributed by atoms with Crippen LogP contribution in [0.2, 0.25) is 0 Å². The molecule has 2 aliphatic rings. The van der Waals surface area contributed by atoms with Crippen LogP contribution in [0.25, 0.3) is 0 Å². The van der Waals surface area contributed by atoms with Crippen molar-refractivity contribution in [2.75, 3.05) is 57.4 Å². The van der Waals surface area contributed by atoms with Crippen molar-refractivity contribution in [2.24, 2.45) is 10.9 Å². The third kappa shape index (κ3) is 6.24. The zero-order chi connectivity index (χ0) is 22.0. The number of guanidine groups is 1. The number of nitrogens with one attached hydrogen (secondary N) is 1. The van der Waals surface area contributed by atoms with Gasteiger partial charge in [0.05, 0.1) is 33.0 Å². The predicted molar refractivity (Wildman–Crippen MR) is 130 cm³/mol. The molecule has 2 aromatic rings. The summed E-state index contributed by atoms with van der Waals surface area (Å²) in [5.74, 6) is 1.55. The molecule has 0 bridgehead atoms. The average molecular weight is 437 g/mol. The lowest BCUT2D eigenvalue weighted by atomic mass is 10.1. The Balaban J connectivity index is 1.33. The van der Waals surface area contributed by atoms with Crippen LogP contribution in [0.4, 0.5) is 5.69 Å². The second-order valence-electron chi connectivity index (χ2n) is 8.50. The van der Waals surface area contributed by atoms with E-state index in [2.05, 4.69) is 70.6 Å². The lowest BCUT2D eigenvalue weighted by molar-refractivity contribution is 0.0906. The highest BCUT2D eigenvalue weighted by Gasteiger charge is 2.25. The molecule has 0 amide bonds. The van der Waals surface area contributed by atoms with Crippen molar-refractivity contribution in [3.63, 3.8) is 0 Å². The van der Waals surface area contributed by atoms with E-state index in [1.165, 1.54) is 16.8 Å². The van der Waals surface area contributed by atoms with Gasteiger partial charge in [0, 0.05) is 44.3 Å². The molecule has 32 heavy (non-hydrogen) atoms. The van der Waals surface area contributed by atoms with E-state index in [0.29, 0.717) is 19.1 Å². The Hall–Kier alpha value is -2.57. The van der Waals surface area contributed by atoms with Gasteiger partial charge in [-0.3, -0.25) is 0 Å². The Morgan fingerprint density at radius 3 is 2.66 bits per heavy atom. The van der Waals surface area contributed by atoms with Gasteiger partial charge < -0.3 is 24.6 Å². The van der Waals surface area contributed by atoms with E-state index in [9.17, 15) is 0 Å². The number of hydrogen-bond donors (Lipinski definition) is 1. The van der Waals surface area contributed by atoms with Gasteiger partial charge in [-0.2, -0.15) is 0 Å². The molecule has 172 valence electrons. The van der Waals surface area contributed by atoms with Crippen LogP contribution in [0, 0.1) is 5.92 Å². The molecule has 1 N–H and O–H groups in total. The Kier molecular flexibility index (Phi) is 8.40. The molecule has 2 aromatic carbocycles. The fourth-order valence-electron chi connectivity index (χ4n) is 4.42. The maximum absolute atomic E-state index is 6.00. The van der Waals surface area contributed by atoms with Gasteiger partial charge >= 0.3 is 0 Å². The van der Waals surface area contributed by atoms with Gasteiger partial charge in [0.15, 0.2) is 5.96 Å². The van der Waals surface area contributed by atoms with Crippen molar-refractivity contribution >= 4 is 11.6 Å². The van der Waals surface area contributed by atoms with Crippen LogP contribution in [0.1, 0.15) is 24.5 Å². The summed E-state index contributed by atoms with van der Waals surface area (Å²) in [7, 11) is 0. The summed E-state index contributed by atoms with van der Waals surface area (Å²) in [5, 5.41) is 3.50. The lowest BCUT2D eigenvalue weighted by Gasteiger charge is -2.30. The largest absolute Gasteiger partial charge is 0.378 e. The average Bonchev–Trinajstić information content (AvgIpc) is 3.32. The molecule has 2 heterocycles. The van der Waals surface area contributed by atoms with E-state index in [-0.39, 0.29) is 0 Å². The van der Waals surface area contributed by atoms with Crippen LogP contribution in [0.3, 0.4) is 0 Å². The number of aliphatic imine (C=N–C) groups is 1. The van der Waals surface area contributed by atoms with E-state index >= 15 is 0 Å². The van der Waals surface area contributed by atoms with Gasteiger partial charge in [-0.25, -0.2) is 4.99 Å². The van der Waals surface area contributed by atoms with Gasteiger partial charge in [-0.05, 0) is 30.5 Å². The van der Waals surface area contributed by atoms with E-state index in [0.717, 1.165) is 64.9 Å². The van der Waals surface area contributed by atoms with Gasteiger partial charge in [0.25, 0.3) is 0 Å². The molecule has 1 atom stereocenters. The first-order chi connectivity index (χ1) is 15.8. The number of hydrogen-bond acceptors (Lipinski definition) is 4. The number of ether oxygens (including phenoxy) is 2. The Labute approximate surface area is 192 Å². The van der Waals surface area contributed by atoms with Gasteiger partial charge in [-0.1, -0.05) is 48.5 Å². The third-order valence-corrected chi connectivity index (χ3v) is 6.13. The Morgan fingerprint density at radius 1 is 1.06 bits per heavy atom. The van der Waals surface area contributed by atoms with Crippen LogP contribution in [0.5, 0.6) is 0 Å². The molecule has 0 aromatic heterocycles. The van der Waals surface area contributed by atoms with Crippen molar-refractivity contribution < 1.29 is 9.47 Å². The monoisotopic (exact) mass is 436 g/mol. The maximum atomic E-state index is 6.00. The summed E-state index contributed by atoms with van der Waals surface area (Å²) in [6, 6.07) is 19.0. The van der Waals surface area contributed by atoms with E-state index in [4.69, 9.17) is 14.5 Å². The maximum Gasteiger partial charge on any atom is 0.194 e. The van der Waals surface area contributed by atoms with Crippen LogP contribution in [0.15, 0.2) is 59.6 Å². The minimum absolute atomic E-state index is 0.545. The molecule has 2 fully saturated rings. The van der Waals surface area contributed by atoms with Crippen molar-refractivity contribution in [1.29, 1.82) is 0 Å². The summed E-state index contributed by atoms with van der Waals surface area (Å²) in [6.07, 6.45) is 1.14. The molecule has 0 spiro atoms. The molecule has 6 heteroatoms. The zero-order valence-corrected chi connectivity index (χ0v) is 19.2. The number of benzene rings is 2. The summed E-state index contributed by atoms with van der Waals surface area (Å²) in [5.41, 5.74) is 3.78. The van der Waals surface area contributed by atoms with Crippen molar-refractivity contribution in [3.05, 3.63) is 65.7 Å². The molecule has 0 radical (unpaired) electrons. The first-order valence-corrected chi connectivity index (χ1v) is 11.9. The Morgan fingerprint density at radius 2 is 1.84 bits per heavy atom. The number of morpholine rings is 1. The Bertz CT molecular complexity index is 852. The molecule has 0 aliphatic carbocycles. The number of nitrogens with zero attached hydrogens (tertiary/aromatic N) is 3. The summed E-state index contributed by atoms with van der Waals surface area (Å²) >= 11 is 0. The van der Waals surface area contributed by atoms with Crippen molar-refractivity contribution in [3.8, 4) is 0 Å². The highest BCUT2D eigenvalue weighted by atomic mass is 16.5. The minimum Gasteiger partial charge on any atom is -0.378 e. The molecular weight excluding hydrogens is 400 g/mol. The summed E-state index contributed by atoms with van der Waals surface area (Å²) in [4.78, 5) is 9.82. The molecule has 6 nitrogen and oxygen atoms in total.